The summed E-state index contributed by atoms with van der Waals surface area (Å²) in [4.78, 5) is 19.0. The first-order valence-corrected chi connectivity index (χ1v) is 9.46. The van der Waals surface area contributed by atoms with Crippen molar-refractivity contribution in [3.63, 3.8) is 0 Å². The number of carbonyl (C=O) groups is 1. The van der Waals surface area contributed by atoms with Gasteiger partial charge < -0.3 is 10.2 Å². The third-order valence-corrected chi connectivity index (χ3v) is 5.15. The van der Waals surface area contributed by atoms with E-state index in [2.05, 4.69) is 10.3 Å². The molecule has 4 rings (SSSR count). The first kappa shape index (κ1) is 18.4. The van der Waals surface area contributed by atoms with Gasteiger partial charge in [-0.25, -0.2) is 4.39 Å². The number of carbonyl (C=O) groups excluding carboxylic acids is 1. The number of nitrogens with one attached hydrogen (secondary N) is 1. The Labute approximate surface area is 168 Å². The summed E-state index contributed by atoms with van der Waals surface area (Å²) in [6.45, 7) is 2.55. The molecule has 4 nitrogen and oxygen atoms in total. The van der Waals surface area contributed by atoms with Crippen molar-refractivity contribution in [1.29, 1.82) is 0 Å². The highest BCUT2D eigenvalue weighted by Gasteiger charge is 2.26. The fourth-order valence-corrected chi connectivity index (χ4v) is 3.64. The Bertz CT molecular complexity index is 1040. The second-order valence-corrected chi connectivity index (χ2v) is 7.30. The van der Waals surface area contributed by atoms with Crippen LogP contribution in [0.5, 0.6) is 0 Å². The minimum Gasteiger partial charge on any atom is -0.378 e. The van der Waals surface area contributed by atoms with Gasteiger partial charge in [0.25, 0.3) is 5.91 Å². The van der Waals surface area contributed by atoms with Gasteiger partial charge in [-0.05, 0) is 66.9 Å². The minimum absolute atomic E-state index is 0.0531. The van der Waals surface area contributed by atoms with Gasteiger partial charge in [-0.3, -0.25) is 9.78 Å². The fraction of sp³-hybridized carbons (Fsp3) is 0.182. The molecule has 0 bridgehead atoms. The lowest BCUT2D eigenvalue weighted by molar-refractivity contribution is 0.0980. The van der Waals surface area contributed by atoms with Crippen LogP contribution in [0.4, 0.5) is 15.8 Å². The summed E-state index contributed by atoms with van der Waals surface area (Å²) in [5.74, 6) is -0.343. The topological polar surface area (TPSA) is 45.2 Å². The van der Waals surface area contributed by atoms with Crippen LogP contribution in [0, 0.1) is 5.82 Å². The molecule has 1 aliphatic heterocycles. The van der Waals surface area contributed by atoms with Gasteiger partial charge in [-0.15, -0.1) is 0 Å². The molecule has 2 aromatic carbocycles. The van der Waals surface area contributed by atoms with Crippen molar-refractivity contribution in [2.75, 3.05) is 16.8 Å². The number of halogens is 2. The van der Waals surface area contributed by atoms with Crippen LogP contribution in [-0.2, 0) is 6.42 Å². The number of hydrogen-bond donors (Lipinski definition) is 1. The van der Waals surface area contributed by atoms with Crippen LogP contribution in [0.3, 0.4) is 0 Å². The lowest BCUT2D eigenvalue weighted by Crippen LogP contribution is -2.37. The average molecular weight is 396 g/mol. The molecule has 0 radical (unpaired) electrons. The van der Waals surface area contributed by atoms with E-state index in [1.165, 1.54) is 12.1 Å². The van der Waals surface area contributed by atoms with Gasteiger partial charge in [0, 0.05) is 29.0 Å². The number of benzene rings is 2. The van der Waals surface area contributed by atoms with E-state index in [1.807, 2.05) is 25.1 Å². The van der Waals surface area contributed by atoms with Gasteiger partial charge in [0.2, 0.25) is 0 Å². The molecule has 1 N–H and O–H groups in total. The van der Waals surface area contributed by atoms with Crippen molar-refractivity contribution >= 4 is 28.9 Å². The van der Waals surface area contributed by atoms with E-state index in [9.17, 15) is 9.18 Å². The Morgan fingerprint density at radius 3 is 2.86 bits per heavy atom. The number of aromatic nitrogens is 1. The zero-order valence-corrected chi connectivity index (χ0v) is 16.1. The van der Waals surface area contributed by atoms with Crippen LogP contribution in [0.15, 0.2) is 60.9 Å². The Balaban J connectivity index is 1.57. The molecule has 0 aliphatic carbocycles. The summed E-state index contributed by atoms with van der Waals surface area (Å²) < 4.78 is 13.4. The van der Waals surface area contributed by atoms with E-state index in [1.54, 1.807) is 35.5 Å². The van der Waals surface area contributed by atoms with E-state index >= 15 is 0 Å². The molecule has 3 aromatic rings. The lowest BCUT2D eigenvalue weighted by Gasteiger charge is -2.29. The molecule has 28 heavy (non-hydrogen) atoms. The molecule has 142 valence electrons. The molecule has 1 amide bonds. The number of nitrogens with zero attached hydrogens (tertiary/aromatic N) is 2. The molecular formula is C22H19ClFN3O. The van der Waals surface area contributed by atoms with Crippen molar-refractivity contribution < 1.29 is 9.18 Å². The third kappa shape index (κ3) is 3.71. The van der Waals surface area contributed by atoms with Crippen molar-refractivity contribution in [2.45, 2.75) is 19.4 Å². The number of anilines is 2. The molecule has 1 unspecified atom stereocenters. The molecule has 1 aliphatic rings. The van der Waals surface area contributed by atoms with Crippen LogP contribution in [0.2, 0.25) is 5.02 Å². The Kier molecular flexibility index (Phi) is 5.01. The Morgan fingerprint density at radius 1 is 1.18 bits per heavy atom. The van der Waals surface area contributed by atoms with E-state index in [-0.39, 0.29) is 17.8 Å². The van der Waals surface area contributed by atoms with E-state index in [4.69, 9.17) is 11.6 Å². The second-order valence-electron chi connectivity index (χ2n) is 6.86. The van der Waals surface area contributed by atoms with Crippen LogP contribution in [0.25, 0.3) is 0 Å². The highest BCUT2D eigenvalue weighted by atomic mass is 35.5. The summed E-state index contributed by atoms with van der Waals surface area (Å²) in [6.07, 6.45) is 4.18. The van der Waals surface area contributed by atoms with Gasteiger partial charge in [0.05, 0.1) is 17.9 Å². The Morgan fingerprint density at radius 2 is 2.04 bits per heavy atom. The summed E-state index contributed by atoms with van der Waals surface area (Å²) in [5.41, 5.74) is 4.00. The molecule has 1 aromatic heterocycles. The van der Waals surface area contributed by atoms with Gasteiger partial charge in [-0.1, -0.05) is 17.7 Å². The molecule has 0 spiro atoms. The maximum atomic E-state index is 13.4. The van der Waals surface area contributed by atoms with E-state index in [0.29, 0.717) is 22.8 Å². The maximum Gasteiger partial charge on any atom is 0.258 e. The number of hydrogen-bond acceptors (Lipinski definition) is 3. The maximum absolute atomic E-state index is 13.4. The van der Waals surface area contributed by atoms with Crippen LogP contribution in [-0.4, -0.2) is 17.4 Å². The van der Waals surface area contributed by atoms with Gasteiger partial charge >= 0.3 is 0 Å². The predicted octanol–water partition coefficient (Wildman–Crippen LogP) is 5.25. The largest absolute Gasteiger partial charge is 0.378 e. The molecule has 6 heteroatoms. The highest BCUT2D eigenvalue weighted by molar-refractivity contribution is 6.30. The average Bonchev–Trinajstić information content (AvgIpc) is 2.68. The van der Waals surface area contributed by atoms with E-state index in [0.717, 1.165) is 23.2 Å². The first-order chi connectivity index (χ1) is 13.5. The number of pyridine rings is 1. The summed E-state index contributed by atoms with van der Waals surface area (Å²) in [5, 5.41) is 3.90. The SMILES string of the molecule is CC(Nc1cccc(F)c1)c1cncc(N2CCc3cc(Cl)ccc3C2=O)c1. The summed E-state index contributed by atoms with van der Waals surface area (Å²) >= 11 is 6.04. The molecule has 1 atom stereocenters. The summed E-state index contributed by atoms with van der Waals surface area (Å²) in [7, 11) is 0. The molecular weight excluding hydrogens is 377 g/mol. The highest BCUT2D eigenvalue weighted by Crippen LogP contribution is 2.28. The van der Waals surface area contributed by atoms with Gasteiger partial charge in [0.15, 0.2) is 0 Å². The first-order valence-electron chi connectivity index (χ1n) is 9.08. The van der Waals surface area contributed by atoms with Crippen LogP contribution in [0.1, 0.15) is 34.5 Å². The van der Waals surface area contributed by atoms with Gasteiger partial charge in [0.1, 0.15) is 5.82 Å². The molecule has 0 saturated heterocycles. The predicted molar refractivity (Wildman–Crippen MR) is 110 cm³/mol. The standard InChI is InChI=1S/C22H19ClFN3O/c1-14(26-19-4-2-3-18(24)11-19)16-10-20(13-25-12-16)27-8-7-15-9-17(23)5-6-21(15)22(27)28/h2-6,9-14,26H,7-8H2,1H3. The molecule has 2 heterocycles. The van der Waals surface area contributed by atoms with Crippen LogP contribution < -0.4 is 10.2 Å². The normalized spacial score (nSPS) is 14.5. The lowest BCUT2D eigenvalue weighted by atomic mass is 9.98. The van der Waals surface area contributed by atoms with E-state index < -0.39 is 0 Å². The monoisotopic (exact) mass is 395 g/mol. The number of rotatable bonds is 4. The number of fused-ring (bicyclic) bond motifs is 1. The van der Waals surface area contributed by atoms with Crippen molar-refractivity contribution in [3.8, 4) is 0 Å². The zero-order chi connectivity index (χ0) is 19.7. The minimum atomic E-state index is -0.290. The number of amides is 1. The summed E-state index contributed by atoms with van der Waals surface area (Å²) in [6, 6.07) is 13.5. The Hall–Kier alpha value is -2.92. The third-order valence-electron chi connectivity index (χ3n) is 4.91. The van der Waals surface area contributed by atoms with Crippen molar-refractivity contribution in [2.24, 2.45) is 0 Å². The van der Waals surface area contributed by atoms with Gasteiger partial charge in [-0.2, -0.15) is 0 Å². The quantitative estimate of drug-likeness (QED) is 0.656. The van der Waals surface area contributed by atoms with Crippen LogP contribution >= 0.6 is 11.6 Å². The van der Waals surface area contributed by atoms with Crippen molar-refractivity contribution in [3.05, 3.63) is 88.5 Å². The zero-order valence-electron chi connectivity index (χ0n) is 15.3. The van der Waals surface area contributed by atoms with Crippen molar-refractivity contribution in [1.82, 2.24) is 4.98 Å². The fourth-order valence-electron chi connectivity index (χ4n) is 3.44. The molecule has 0 fully saturated rings. The smallest absolute Gasteiger partial charge is 0.258 e. The molecule has 0 saturated carbocycles. The second kappa shape index (κ2) is 7.60.